The van der Waals surface area contributed by atoms with Crippen LogP contribution in [0.1, 0.15) is 42.3 Å². The van der Waals surface area contributed by atoms with Crippen molar-refractivity contribution in [1.82, 2.24) is 9.62 Å². The number of furan rings is 1. The predicted molar refractivity (Wildman–Crippen MR) is 112 cm³/mol. The number of sulfone groups is 1. The van der Waals surface area contributed by atoms with Gasteiger partial charge in [-0.1, -0.05) is 13.3 Å². The molecule has 0 saturated carbocycles. The summed E-state index contributed by atoms with van der Waals surface area (Å²) in [6.45, 7) is 2.50. The Balaban J connectivity index is 1.73. The molecular weight excluding hydrogens is 428 g/mol. The molecule has 1 fully saturated rings. The van der Waals surface area contributed by atoms with E-state index in [4.69, 9.17) is 4.42 Å². The summed E-state index contributed by atoms with van der Waals surface area (Å²) in [4.78, 5) is 14.7. The number of hydrogen-bond acceptors (Lipinski definition) is 6. The van der Waals surface area contributed by atoms with Gasteiger partial charge in [0.2, 0.25) is 10.0 Å². The lowest BCUT2D eigenvalue weighted by Gasteiger charge is -2.28. The van der Waals surface area contributed by atoms with Crippen molar-refractivity contribution in [3.63, 3.8) is 0 Å². The summed E-state index contributed by atoms with van der Waals surface area (Å²) in [5.41, 5.74) is 0.334. The fraction of sp³-hybridized carbons (Fsp3) is 0.450. The van der Waals surface area contributed by atoms with Crippen LogP contribution in [0.15, 0.2) is 52.0 Å². The zero-order chi connectivity index (χ0) is 21.8. The van der Waals surface area contributed by atoms with Crippen LogP contribution in [-0.2, 0) is 26.4 Å². The second-order valence-electron chi connectivity index (χ2n) is 7.34. The van der Waals surface area contributed by atoms with Crippen LogP contribution in [0.3, 0.4) is 0 Å². The maximum Gasteiger partial charge on any atom is 0.254 e. The number of unbranched alkanes of at least 4 members (excludes halogenated alkanes) is 1. The average Bonchev–Trinajstić information content (AvgIpc) is 3.36. The van der Waals surface area contributed by atoms with Gasteiger partial charge in [-0.05, 0) is 49.2 Å². The molecular formula is C20H26N2O6S2. The van der Waals surface area contributed by atoms with Gasteiger partial charge in [-0.2, -0.15) is 0 Å². The number of amides is 1. The Morgan fingerprint density at radius 2 is 1.97 bits per heavy atom. The molecule has 1 saturated heterocycles. The molecule has 1 aromatic heterocycles. The fourth-order valence-electron chi connectivity index (χ4n) is 3.40. The van der Waals surface area contributed by atoms with E-state index < -0.39 is 19.9 Å². The minimum Gasteiger partial charge on any atom is -0.468 e. The van der Waals surface area contributed by atoms with Crippen molar-refractivity contribution in [1.29, 1.82) is 0 Å². The Kier molecular flexibility index (Phi) is 6.99. The summed E-state index contributed by atoms with van der Waals surface area (Å²) >= 11 is 0. The molecule has 1 amide bonds. The molecule has 1 unspecified atom stereocenters. The minimum absolute atomic E-state index is 0.0222. The van der Waals surface area contributed by atoms with Crippen LogP contribution < -0.4 is 4.72 Å². The van der Waals surface area contributed by atoms with Crippen molar-refractivity contribution in [2.75, 3.05) is 18.1 Å². The number of benzene rings is 1. The molecule has 0 aliphatic carbocycles. The second kappa shape index (κ2) is 9.32. The van der Waals surface area contributed by atoms with Gasteiger partial charge in [0.25, 0.3) is 5.91 Å². The first-order valence-corrected chi connectivity index (χ1v) is 13.2. The maximum absolute atomic E-state index is 13.0. The summed E-state index contributed by atoms with van der Waals surface area (Å²) < 4.78 is 56.2. The van der Waals surface area contributed by atoms with Gasteiger partial charge in [-0.25, -0.2) is 21.6 Å². The molecule has 164 valence electrons. The van der Waals surface area contributed by atoms with Crippen molar-refractivity contribution in [2.45, 2.75) is 43.7 Å². The van der Waals surface area contributed by atoms with E-state index in [-0.39, 0.29) is 34.9 Å². The Morgan fingerprint density at radius 3 is 2.53 bits per heavy atom. The molecule has 1 atom stereocenters. The fourth-order valence-corrected chi connectivity index (χ4v) is 6.13. The normalized spacial score (nSPS) is 18.4. The van der Waals surface area contributed by atoms with Crippen LogP contribution in [-0.4, -0.2) is 51.7 Å². The number of nitrogens with zero attached hydrogens (tertiary/aromatic N) is 1. The van der Waals surface area contributed by atoms with E-state index in [0.717, 1.165) is 12.8 Å². The second-order valence-corrected chi connectivity index (χ2v) is 11.3. The van der Waals surface area contributed by atoms with Crippen LogP contribution >= 0.6 is 0 Å². The van der Waals surface area contributed by atoms with E-state index in [9.17, 15) is 21.6 Å². The van der Waals surface area contributed by atoms with Crippen molar-refractivity contribution >= 4 is 25.8 Å². The molecule has 10 heteroatoms. The summed E-state index contributed by atoms with van der Waals surface area (Å²) in [6.07, 6.45) is 3.54. The number of rotatable bonds is 9. The van der Waals surface area contributed by atoms with Crippen molar-refractivity contribution in [3.8, 4) is 0 Å². The third-order valence-corrected chi connectivity index (χ3v) is 8.26. The van der Waals surface area contributed by atoms with Crippen LogP contribution in [0.25, 0.3) is 0 Å². The summed E-state index contributed by atoms with van der Waals surface area (Å²) in [7, 11) is -6.88. The van der Waals surface area contributed by atoms with Crippen LogP contribution in [0.4, 0.5) is 0 Å². The molecule has 2 heterocycles. The Morgan fingerprint density at radius 1 is 1.23 bits per heavy atom. The Hall–Kier alpha value is -2.17. The molecule has 0 spiro atoms. The number of sulfonamides is 1. The monoisotopic (exact) mass is 454 g/mol. The summed E-state index contributed by atoms with van der Waals surface area (Å²) in [5, 5.41) is 0. The summed E-state index contributed by atoms with van der Waals surface area (Å²) in [6, 6.07) is 8.68. The molecule has 8 nitrogen and oxygen atoms in total. The van der Waals surface area contributed by atoms with E-state index in [1.807, 2.05) is 6.92 Å². The van der Waals surface area contributed by atoms with E-state index in [1.165, 1.54) is 30.5 Å². The zero-order valence-corrected chi connectivity index (χ0v) is 18.4. The van der Waals surface area contributed by atoms with Gasteiger partial charge in [-0.3, -0.25) is 4.79 Å². The molecule has 1 aromatic carbocycles. The molecule has 3 rings (SSSR count). The van der Waals surface area contributed by atoms with E-state index in [2.05, 4.69) is 4.72 Å². The molecule has 2 aromatic rings. The third kappa shape index (κ3) is 5.50. The molecule has 1 aliphatic rings. The van der Waals surface area contributed by atoms with Gasteiger partial charge in [0.15, 0.2) is 9.84 Å². The van der Waals surface area contributed by atoms with Crippen molar-refractivity contribution in [2.24, 2.45) is 0 Å². The first kappa shape index (κ1) is 22.5. The largest absolute Gasteiger partial charge is 0.468 e. The van der Waals surface area contributed by atoms with Crippen LogP contribution in [0, 0.1) is 0 Å². The molecule has 0 bridgehead atoms. The first-order chi connectivity index (χ1) is 14.2. The number of hydrogen-bond donors (Lipinski definition) is 1. The molecule has 1 N–H and O–H groups in total. The minimum atomic E-state index is -3.76. The van der Waals surface area contributed by atoms with Gasteiger partial charge in [0.1, 0.15) is 5.76 Å². The number of carbonyl (C=O) groups excluding carboxylic acids is 1. The number of carbonyl (C=O) groups is 1. The summed E-state index contributed by atoms with van der Waals surface area (Å²) in [5.74, 6) is 0.277. The lowest BCUT2D eigenvalue weighted by atomic mass is 10.1. The van der Waals surface area contributed by atoms with E-state index in [0.29, 0.717) is 24.3 Å². The van der Waals surface area contributed by atoms with E-state index in [1.54, 1.807) is 17.0 Å². The highest BCUT2D eigenvalue weighted by Gasteiger charge is 2.34. The average molecular weight is 455 g/mol. The highest BCUT2D eigenvalue weighted by atomic mass is 32.2. The lowest BCUT2D eigenvalue weighted by molar-refractivity contribution is 0.0694. The van der Waals surface area contributed by atoms with Crippen molar-refractivity contribution in [3.05, 3.63) is 54.0 Å². The molecule has 30 heavy (non-hydrogen) atoms. The van der Waals surface area contributed by atoms with Crippen LogP contribution in [0.5, 0.6) is 0 Å². The molecule has 0 radical (unpaired) electrons. The van der Waals surface area contributed by atoms with E-state index >= 15 is 0 Å². The maximum atomic E-state index is 13.0. The Labute approximate surface area is 177 Å². The SMILES string of the molecule is CCCCN(C(=O)c1ccc(S(=O)(=O)NCc2ccco2)cc1)C1CCS(=O)(=O)C1. The topological polar surface area (TPSA) is 114 Å². The smallest absolute Gasteiger partial charge is 0.254 e. The van der Waals surface area contributed by atoms with Gasteiger partial charge in [-0.15, -0.1) is 0 Å². The van der Waals surface area contributed by atoms with Crippen molar-refractivity contribution < 1.29 is 26.0 Å². The van der Waals surface area contributed by atoms with Gasteiger partial charge in [0.05, 0.1) is 29.2 Å². The predicted octanol–water partition coefficient (Wildman–Crippen LogP) is 2.19. The third-order valence-electron chi connectivity index (χ3n) is 5.09. The quantitative estimate of drug-likeness (QED) is 0.621. The molecule has 1 aliphatic heterocycles. The highest BCUT2D eigenvalue weighted by Crippen LogP contribution is 2.21. The lowest BCUT2D eigenvalue weighted by Crippen LogP contribution is -2.41. The highest BCUT2D eigenvalue weighted by molar-refractivity contribution is 7.91. The Bertz CT molecular complexity index is 1060. The standard InChI is InChI=1S/C20H26N2O6S2/c1-2-3-11-22(17-10-13-29(24,25)15-17)20(23)16-6-8-19(9-7-16)30(26,27)21-14-18-5-4-12-28-18/h4-9,12,17,21H,2-3,10-11,13-15H2,1H3. The van der Waals surface area contributed by atoms with Gasteiger partial charge in [0, 0.05) is 18.2 Å². The van der Waals surface area contributed by atoms with Gasteiger partial charge >= 0.3 is 0 Å². The van der Waals surface area contributed by atoms with Gasteiger partial charge < -0.3 is 9.32 Å². The zero-order valence-electron chi connectivity index (χ0n) is 16.8. The first-order valence-electron chi connectivity index (χ1n) is 9.85. The van der Waals surface area contributed by atoms with Crippen LogP contribution in [0.2, 0.25) is 0 Å². The number of nitrogens with one attached hydrogen (secondary N) is 1.